The van der Waals surface area contributed by atoms with Crippen LogP contribution in [0.2, 0.25) is 5.02 Å². The van der Waals surface area contributed by atoms with Gasteiger partial charge >= 0.3 is 6.18 Å². The maximum absolute atomic E-state index is 14.8. The Hall–Kier alpha value is -4.40. The molecule has 0 radical (unpaired) electrons. The van der Waals surface area contributed by atoms with Crippen molar-refractivity contribution >= 4 is 45.7 Å². The number of rotatable bonds is 6. The molecule has 236 valence electrons. The number of amides is 1. The van der Waals surface area contributed by atoms with Gasteiger partial charge in [-0.1, -0.05) is 36.2 Å². The van der Waals surface area contributed by atoms with E-state index in [0.29, 0.717) is 46.2 Å². The smallest absolute Gasteiger partial charge is 0.394 e. The number of hydrogen-bond acceptors (Lipinski definition) is 5. The maximum atomic E-state index is 14.8. The summed E-state index contributed by atoms with van der Waals surface area (Å²) in [5.41, 5.74) is -0.102. The second-order valence-corrected chi connectivity index (χ2v) is 12.9. The quantitative estimate of drug-likeness (QED) is 0.168. The highest BCUT2D eigenvalue weighted by Crippen LogP contribution is 2.69. The minimum atomic E-state index is -4.39. The molecule has 1 atom stereocenters. The number of alkyl halides is 3. The predicted octanol–water partition coefficient (Wildman–Crippen LogP) is 8.26. The van der Waals surface area contributed by atoms with Crippen LogP contribution in [0.25, 0.3) is 16.6 Å². The molecule has 0 saturated heterocycles. The zero-order valence-electron chi connectivity index (χ0n) is 24.7. The number of carbonyl (C=O) groups is 1. The van der Waals surface area contributed by atoms with Crippen LogP contribution in [-0.2, 0) is 16.1 Å². The Morgan fingerprint density at radius 1 is 1.13 bits per heavy atom. The predicted molar refractivity (Wildman–Crippen MR) is 165 cm³/mol. The first kappa shape index (κ1) is 30.3. The molecule has 1 aliphatic heterocycles. The highest BCUT2D eigenvalue weighted by molar-refractivity contribution is 6.31. The zero-order chi connectivity index (χ0) is 32.4. The van der Waals surface area contributed by atoms with Crippen molar-refractivity contribution in [3.05, 3.63) is 100.0 Å². The van der Waals surface area contributed by atoms with E-state index >= 15 is 0 Å². The molecule has 8 rings (SSSR count). The Morgan fingerprint density at radius 2 is 1.89 bits per heavy atom. The molecule has 0 spiro atoms. The largest absolute Gasteiger partial charge is 0.497 e. The van der Waals surface area contributed by atoms with Gasteiger partial charge in [-0.15, -0.1) is 0 Å². The van der Waals surface area contributed by atoms with E-state index in [2.05, 4.69) is 16.2 Å². The van der Waals surface area contributed by atoms with E-state index in [9.17, 15) is 27.2 Å². The number of fused-ring (bicyclic) bond motifs is 5. The van der Waals surface area contributed by atoms with Gasteiger partial charge in [0.2, 0.25) is 5.91 Å². The second-order valence-electron chi connectivity index (χ2n) is 12.5. The van der Waals surface area contributed by atoms with Gasteiger partial charge in [-0.25, -0.2) is 9.18 Å². The molecule has 2 heterocycles. The Labute approximate surface area is 267 Å². The minimum Gasteiger partial charge on any atom is -0.497 e. The third-order valence-electron chi connectivity index (χ3n) is 9.91. The summed E-state index contributed by atoms with van der Waals surface area (Å²) < 4.78 is 62.1. The van der Waals surface area contributed by atoms with E-state index < -0.39 is 34.8 Å². The molecule has 1 unspecified atom stereocenters. The summed E-state index contributed by atoms with van der Waals surface area (Å²) in [5, 5.41) is 3.79. The molecule has 1 amide bonds. The summed E-state index contributed by atoms with van der Waals surface area (Å²) in [6.07, 6.45) is -2.73. The normalized spacial score (nSPS) is 23.5. The molecule has 3 aromatic carbocycles. The summed E-state index contributed by atoms with van der Waals surface area (Å²) in [6, 6.07) is 15.5. The summed E-state index contributed by atoms with van der Waals surface area (Å²) in [5.74, 6) is 1.65. The van der Waals surface area contributed by atoms with E-state index in [1.807, 2.05) is 12.1 Å². The standard InChI is InChI=1S/C35H28ClF4N3O3/c1-46-22-8-5-20(6-9-22)16-43-28(17-44)29-23-4-2-13-41-26(23)15-27(30(29)31(43)24-14-21(37)7-10-25(24)36)42-32(45)33-11-3-12-34(18-33,19-33)35(38,39)40/h2,4-10,13-15,31H,3,11-12,16,18-19H2,1H3,(H,42,45). The number of hydrogen-bond donors (Lipinski definition) is 1. The fourth-order valence-electron chi connectivity index (χ4n) is 7.80. The molecule has 4 aromatic rings. The highest BCUT2D eigenvalue weighted by atomic mass is 35.5. The van der Waals surface area contributed by atoms with Crippen LogP contribution in [0.3, 0.4) is 0 Å². The number of nitrogens with one attached hydrogen (secondary N) is 1. The van der Waals surface area contributed by atoms with Crippen molar-refractivity contribution in [3.63, 3.8) is 0 Å². The molecule has 1 N–H and O–H groups in total. The fourth-order valence-corrected chi connectivity index (χ4v) is 8.02. The van der Waals surface area contributed by atoms with Gasteiger partial charge in [0, 0.05) is 45.5 Å². The Kier molecular flexibility index (Phi) is 7.14. The van der Waals surface area contributed by atoms with E-state index in [4.69, 9.17) is 16.3 Å². The van der Waals surface area contributed by atoms with E-state index in [-0.39, 0.29) is 42.2 Å². The summed E-state index contributed by atoms with van der Waals surface area (Å²) in [4.78, 5) is 33.1. The SMILES string of the molecule is COc1ccc(CN2C(=C=O)c3c(c(NC(=O)C45CCCC(C(F)(F)F)(C4)C5)cc4ncccc34)C2c2cc(F)ccc2Cl)cc1. The van der Waals surface area contributed by atoms with Crippen molar-refractivity contribution in [2.24, 2.45) is 10.8 Å². The number of ether oxygens (including phenoxy) is 1. The average molecular weight is 650 g/mol. The van der Waals surface area contributed by atoms with Crippen LogP contribution in [-0.4, -0.2) is 35.0 Å². The second kappa shape index (κ2) is 10.9. The Morgan fingerprint density at radius 3 is 2.59 bits per heavy atom. The number of benzene rings is 3. The van der Waals surface area contributed by atoms with Crippen LogP contribution in [0.5, 0.6) is 5.75 Å². The van der Waals surface area contributed by atoms with Crippen LogP contribution in [0.1, 0.15) is 60.4 Å². The van der Waals surface area contributed by atoms with Crippen molar-refractivity contribution in [3.8, 4) is 5.75 Å². The maximum Gasteiger partial charge on any atom is 0.394 e. The van der Waals surface area contributed by atoms with Crippen LogP contribution < -0.4 is 10.1 Å². The monoisotopic (exact) mass is 649 g/mol. The van der Waals surface area contributed by atoms with Crippen molar-refractivity contribution in [2.75, 3.05) is 12.4 Å². The average Bonchev–Trinajstić information content (AvgIpc) is 3.35. The zero-order valence-corrected chi connectivity index (χ0v) is 25.4. The first-order valence-electron chi connectivity index (χ1n) is 14.9. The first-order valence-corrected chi connectivity index (χ1v) is 15.3. The van der Waals surface area contributed by atoms with Gasteiger partial charge in [0.25, 0.3) is 0 Å². The number of nitrogens with zero attached hydrogens (tertiary/aromatic N) is 2. The van der Waals surface area contributed by atoms with Crippen molar-refractivity contribution in [1.82, 2.24) is 9.88 Å². The van der Waals surface area contributed by atoms with Crippen LogP contribution in [0, 0.1) is 16.6 Å². The molecule has 4 aliphatic rings. The van der Waals surface area contributed by atoms with E-state index in [0.717, 1.165) is 5.56 Å². The molecule has 3 saturated carbocycles. The number of halogens is 5. The number of carbonyl (C=O) groups excluding carboxylic acids is 2. The van der Waals surface area contributed by atoms with E-state index in [1.165, 1.54) is 18.2 Å². The van der Waals surface area contributed by atoms with Crippen LogP contribution >= 0.6 is 11.6 Å². The topological polar surface area (TPSA) is 71.5 Å². The molecule has 46 heavy (non-hydrogen) atoms. The van der Waals surface area contributed by atoms with Crippen LogP contribution in [0.4, 0.5) is 23.2 Å². The Bertz CT molecular complexity index is 1930. The molecular weight excluding hydrogens is 622 g/mol. The lowest BCUT2D eigenvalue weighted by Crippen LogP contribution is -2.61. The van der Waals surface area contributed by atoms with Gasteiger partial charge in [-0.05, 0) is 73.7 Å². The Balaban J connectivity index is 1.39. The lowest BCUT2D eigenvalue weighted by atomic mass is 9.45. The van der Waals surface area contributed by atoms with Gasteiger partial charge in [-0.2, -0.15) is 13.2 Å². The molecular formula is C35H28ClF4N3O3. The summed E-state index contributed by atoms with van der Waals surface area (Å²) in [6.45, 7) is 0.175. The van der Waals surface area contributed by atoms with E-state index in [1.54, 1.807) is 48.5 Å². The molecule has 1 aromatic heterocycles. The summed E-state index contributed by atoms with van der Waals surface area (Å²) >= 11 is 6.70. The first-order chi connectivity index (χ1) is 22.0. The lowest BCUT2D eigenvalue weighted by Gasteiger charge is -2.59. The van der Waals surface area contributed by atoms with Gasteiger partial charge in [0.15, 0.2) is 5.94 Å². The van der Waals surface area contributed by atoms with Crippen molar-refractivity contribution in [1.29, 1.82) is 0 Å². The lowest BCUT2D eigenvalue weighted by molar-refractivity contribution is -0.293. The molecule has 3 fully saturated rings. The number of pyridine rings is 1. The van der Waals surface area contributed by atoms with Gasteiger partial charge < -0.3 is 15.0 Å². The van der Waals surface area contributed by atoms with Crippen LogP contribution in [0.15, 0.2) is 66.9 Å². The van der Waals surface area contributed by atoms with Gasteiger partial charge in [0.1, 0.15) is 17.3 Å². The fraction of sp³-hybridized carbons (Fsp3) is 0.314. The number of aromatic nitrogens is 1. The third-order valence-corrected chi connectivity index (χ3v) is 10.3. The minimum absolute atomic E-state index is 0.00871. The van der Waals surface area contributed by atoms with Gasteiger partial charge in [0.05, 0.1) is 29.5 Å². The molecule has 6 nitrogen and oxygen atoms in total. The molecule has 2 bridgehead atoms. The number of methoxy groups -OCH3 is 1. The number of anilines is 1. The summed E-state index contributed by atoms with van der Waals surface area (Å²) in [7, 11) is 1.55. The highest BCUT2D eigenvalue weighted by Gasteiger charge is 2.71. The van der Waals surface area contributed by atoms with Crippen molar-refractivity contribution in [2.45, 2.75) is 50.9 Å². The molecule has 3 aliphatic carbocycles. The van der Waals surface area contributed by atoms with Crippen molar-refractivity contribution < 1.29 is 31.9 Å². The molecule has 11 heteroatoms. The van der Waals surface area contributed by atoms with Gasteiger partial charge in [-0.3, -0.25) is 9.78 Å². The third kappa shape index (κ3) is 4.65.